The minimum absolute atomic E-state index is 0.0111. The molecule has 1 N–H and O–H groups in total. The molecule has 1 aliphatic heterocycles. The molecule has 1 amide bonds. The molecule has 0 fully saturated rings. The van der Waals surface area contributed by atoms with Crippen molar-refractivity contribution < 1.29 is 9.53 Å². The molecule has 0 saturated heterocycles. The van der Waals surface area contributed by atoms with E-state index in [4.69, 9.17) is 4.74 Å². The van der Waals surface area contributed by atoms with Gasteiger partial charge in [-0.3, -0.25) is 4.79 Å². The fraction of sp³-hybridized carbons (Fsp3) is 0.133. The molecule has 0 bridgehead atoms. The fourth-order valence-electron chi connectivity index (χ4n) is 2.08. The molecule has 1 aliphatic rings. The lowest BCUT2D eigenvalue weighted by atomic mass is 10.1. The van der Waals surface area contributed by atoms with Gasteiger partial charge in [-0.1, -0.05) is 24.3 Å². The largest absolute Gasteiger partial charge is 0.497 e. The van der Waals surface area contributed by atoms with E-state index in [-0.39, 0.29) is 11.2 Å². The quantitative estimate of drug-likeness (QED) is 0.908. The highest BCUT2D eigenvalue weighted by molar-refractivity contribution is 8.00. The van der Waals surface area contributed by atoms with Gasteiger partial charge in [0.1, 0.15) is 11.0 Å². The van der Waals surface area contributed by atoms with E-state index in [1.165, 1.54) is 0 Å². The Morgan fingerprint density at radius 1 is 1.16 bits per heavy atom. The SMILES string of the molecule is COc1cccc(C2Sc3ccccc3NC2=O)c1. The van der Waals surface area contributed by atoms with Gasteiger partial charge in [0, 0.05) is 4.90 Å². The third-order valence-electron chi connectivity index (χ3n) is 3.02. The maximum atomic E-state index is 12.2. The van der Waals surface area contributed by atoms with E-state index >= 15 is 0 Å². The van der Waals surface area contributed by atoms with Crippen molar-refractivity contribution in [1.29, 1.82) is 0 Å². The molecule has 1 heterocycles. The Kier molecular flexibility index (Phi) is 3.17. The molecule has 19 heavy (non-hydrogen) atoms. The minimum atomic E-state index is -0.231. The van der Waals surface area contributed by atoms with Gasteiger partial charge in [-0.15, -0.1) is 11.8 Å². The zero-order valence-corrected chi connectivity index (χ0v) is 11.2. The molecule has 1 unspecified atom stereocenters. The first-order valence-electron chi connectivity index (χ1n) is 5.98. The van der Waals surface area contributed by atoms with Crippen LogP contribution in [-0.2, 0) is 4.79 Å². The second-order valence-corrected chi connectivity index (χ2v) is 5.41. The number of benzene rings is 2. The first-order chi connectivity index (χ1) is 9.28. The average Bonchev–Trinajstić information content (AvgIpc) is 2.46. The number of rotatable bonds is 2. The first-order valence-corrected chi connectivity index (χ1v) is 6.86. The van der Waals surface area contributed by atoms with Crippen LogP contribution >= 0.6 is 11.8 Å². The van der Waals surface area contributed by atoms with Crippen molar-refractivity contribution in [2.75, 3.05) is 12.4 Å². The molecule has 0 saturated carbocycles. The molecule has 1 atom stereocenters. The number of nitrogens with one attached hydrogen (secondary N) is 1. The number of carbonyl (C=O) groups is 1. The average molecular weight is 271 g/mol. The van der Waals surface area contributed by atoms with Crippen LogP contribution in [0, 0.1) is 0 Å². The standard InChI is InChI=1S/C15H13NO2S/c1-18-11-6-4-5-10(9-11)14-15(17)16-12-7-2-3-8-13(12)19-14/h2-9,14H,1H3,(H,16,17). The van der Waals surface area contributed by atoms with E-state index in [9.17, 15) is 4.79 Å². The smallest absolute Gasteiger partial charge is 0.242 e. The van der Waals surface area contributed by atoms with Crippen LogP contribution in [0.3, 0.4) is 0 Å². The Bertz CT molecular complexity index is 627. The third-order valence-corrected chi connectivity index (χ3v) is 4.36. The Morgan fingerprint density at radius 3 is 2.84 bits per heavy atom. The topological polar surface area (TPSA) is 38.3 Å². The summed E-state index contributed by atoms with van der Waals surface area (Å²) >= 11 is 1.57. The number of amides is 1. The monoisotopic (exact) mass is 271 g/mol. The Morgan fingerprint density at radius 2 is 2.00 bits per heavy atom. The van der Waals surface area contributed by atoms with Gasteiger partial charge in [0.15, 0.2) is 0 Å². The maximum absolute atomic E-state index is 12.2. The Labute approximate surface area is 116 Å². The van der Waals surface area contributed by atoms with Crippen LogP contribution in [0.4, 0.5) is 5.69 Å². The molecular weight excluding hydrogens is 258 g/mol. The lowest BCUT2D eigenvalue weighted by molar-refractivity contribution is -0.115. The molecule has 0 radical (unpaired) electrons. The Hall–Kier alpha value is -1.94. The summed E-state index contributed by atoms with van der Waals surface area (Å²) in [7, 11) is 1.63. The zero-order valence-electron chi connectivity index (χ0n) is 10.4. The number of anilines is 1. The molecule has 96 valence electrons. The predicted molar refractivity (Wildman–Crippen MR) is 76.7 cm³/mol. The summed E-state index contributed by atoms with van der Waals surface area (Å²) in [5.41, 5.74) is 1.84. The summed E-state index contributed by atoms with van der Waals surface area (Å²) in [6.07, 6.45) is 0. The molecule has 0 aliphatic carbocycles. The zero-order chi connectivity index (χ0) is 13.2. The van der Waals surface area contributed by atoms with Crippen LogP contribution in [-0.4, -0.2) is 13.0 Å². The van der Waals surface area contributed by atoms with E-state index < -0.39 is 0 Å². The number of para-hydroxylation sites is 1. The van der Waals surface area contributed by atoms with Gasteiger partial charge >= 0.3 is 0 Å². The highest BCUT2D eigenvalue weighted by atomic mass is 32.2. The molecule has 4 heteroatoms. The summed E-state index contributed by atoms with van der Waals surface area (Å²) in [4.78, 5) is 13.3. The minimum Gasteiger partial charge on any atom is -0.497 e. The van der Waals surface area contributed by atoms with Crippen molar-refractivity contribution in [1.82, 2.24) is 0 Å². The number of hydrogen-bond donors (Lipinski definition) is 1. The van der Waals surface area contributed by atoms with E-state index in [1.54, 1.807) is 18.9 Å². The van der Waals surface area contributed by atoms with Crippen molar-refractivity contribution in [3.05, 3.63) is 54.1 Å². The fourth-order valence-corrected chi connectivity index (χ4v) is 3.18. The number of carbonyl (C=O) groups excluding carboxylic acids is 1. The summed E-state index contributed by atoms with van der Waals surface area (Å²) < 4.78 is 5.21. The number of fused-ring (bicyclic) bond motifs is 1. The molecule has 2 aromatic carbocycles. The van der Waals surface area contributed by atoms with Crippen molar-refractivity contribution in [3.63, 3.8) is 0 Å². The van der Waals surface area contributed by atoms with Crippen molar-refractivity contribution in [2.24, 2.45) is 0 Å². The molecule has 3 nitrogen and oxygen atoms in total. The summed E-state index contributed by atoms with van der Waals surface area (Å²) in [6.45, 7) is 0. The van der Waals surface area contributed by atoms with Gasteiger partial charge in [0.2, 0.25) is 5.91 Å². The van der Waals surface area contributed by atoms with Gasteiger partial charge in [0.05, 0.1) is 12.8 Å². The van der Waals surface area contributed by atoms with Crippen molar-refractivity contribution in [2.45, 2.75) is 10.1 Å². The molecule has 0 spiro atoms. The second-order valence-electron chi connectivity index (χ2n) is 4.26. The number of methoxy groups -OCH3 is 1. The lowest BCUT2D eigenvalue weighted by Crippen LogP contribution is -2.22. The normalized spacial score (nSPS) is 17.5. The maximum Gasteiger partial charge on any atom is 0.242 e. The van der Waals surface area contributed by atoms with Crippen molar-refractivity contribution in [3.8, 4) is 5.75 Å². The van der Waals surface area contributed by atoms with Crippen LogP contribution in [0.1, 0.15) is 10.8 Å². The lowest BCUT2D eigenvalue weighted by Gasteiger charge is -2.24. The molecule has 0 aromatic heterocycles. The number of thioether (sulfide) groups is 1. The van der Waals surface area contributed by atoms with E-state index in [0.29, 0.717) is 0 Å². The van der Waals surface area contributed by atoms with Gasteiger partial charge in [0.25, 0.3) is 0 Å². The second kappa shape index (κ2) is 4.97. The van der Waals surface area contributed by atoms with Crippen LogP contribution in [0.25, 0.3) is 0 Å². The van der Waals surface area contributed by atoms with Crippen LogP contribution in [0.2, 0.25) is 0 Å². The van der Waals surface area contributed by atoms with Crippen LogP contribution in [0.5, 0.6) is 5.75 Å². The highest BCUT2D eigenvalue weighted by Gasteiger charge is 2.28. The first kappa shape index (κ1) is 12.1. The third kappa shape index (κ3) is 2.31. The van der Waals surface area contributed by atoms with Gasteiger partial charge < -0.3 is 10.1 Å². The van der Waals surface area contributed by atoms with E-state index in [0.717, 1.165) is 21.9 Å². The van der Waals surface area contributed by atoms with Crippen LogP contribution < -0.4 is 10.1 Å². The van der Waals surface area contributed by atoms with Crippen LogP contribution in [0.15, 0.2) is 53.4 Å². The van der Waals surface area contributed by atoms with Gasteiger partial charge in [-0.2, -0.15) is 0 Å². The van der Waals surface area contributed by atoms with E-state index in [2.05, 4.69) is 5.32 Å². The summed E-state index contributed by atoms with van der Waals surface area (Å²) in [5.74, 6) is 0.779. The summed E-state index contributed by atoms with van der Waals surface area (Å²) in [6, 6.07) is 15.5. The summed E-state index contributed by atoms with van der Waals surface area (Å²) in [5, 5.41) is 2.71. The number of hydrogen-bond acceptors (Lipinski definition) is 3. The predicted octanol–water partition coefficient (Wildman–Crippen LogP) is 3.48. The highest BCUT2D eigenvalue weighted by Crippen LogP contribution is 2.43. The number of ether oxygens (including phenoxy) is 1. The van der Waals surface area contributed by atoms with Gasteiger partial charge in [-0.25, -0.2) is 0 Å². The Balaban J connectivity index is 1.96. The van der Waals surface area contributed by atoms with E-state index in [1.807, 2.05) is 48.5 Å². The van der Waals surface area contributed by atoms with Gasteiger partial charge in [-0.05, 0) is 29.8 Å². The molecule has 3 rings (SSSR count). The molecule has 2 aromatic rings. The van der Waals surface area contributed by atoms with Crippen molar-refractivity contribution >= 4 is 23.4 Å². The molecular formula is C15H13NO2S.